The van der Waals surface area contributed by atoms with E-state index >= 15 is 0 Å². The highest BCUT2D eigenvalue weighted by atomic mass is 32.2. The van der Waals surface area contributed by atoms with Crippen LogP contribution in [0.3, 0.4) is 0 Å². The molecule has 2 fully saturated rings. The molecule has 0 bridgehead atoms. The second kappa shape index (κ2) is 7.36. The van der Waals surface area contributed by atoms with Gasteiger partial charge in [0.1, 0.15) is 5.75 Å². The number of piperazine rings is 1. The predicted octanol–water partition coefficient (Wildman–Crippen LogP) is 0.132. The van der Waals surface area contributed by atoms with Crippen LogP contribution in [-0.4, -0.2) is 86.4 Å². The van der Waals surface area contributed by atoms with Crippen LogP contribution in [0.5, 0.6) is 5.75 Å². The Hall–Kier alpha value is -2.13. The Kier molecular flexibility index (Phi) is 5.05. The third-order valence-electron chi connectivity index (χ3n) is 5.78. The SMILES string of the molecule is CC(=O)N1C[C@@H](C(=O)N2CCN([C@@H]3CCS(=O)(=O)C3)CC2)Oc2ccccc21. The number of ether oxygens (including phenoxy) is 1. The topological polar surface area (TPSA) is 87.2 Å². The van der Waals surface area contributed by atoms with Crippen molar-refractivity contribution < 1.29 is 22.7 Å². The Labute approximate surface area is 164 Å². The van der Waals surface area contributed by atoms with E-state index in [0.717, 1.165) is 0 Å². The fourth-order valence-electron chi connectivity index (χ4n) is 4.24. The predicted molar refractivity (Wildman–Crippen MR) is 104 cm³/mol. The van der Waals surface area contributed by atoms with Crippen LogP contribution in [0.25, 0.3) is 0 Å². The zero-order valence-electron chi connectivity index (χ0n) is 15.9. The lowest BCUT2D eigenvalue weighted by atomic mass is 10.1. The van der Waals surface area contributed by atoms with Crippen molar-refractivity contribution in [2.75, 3.05) is 49.1 Å². The third kappa shape index (κ3) is 3.73. The Bertz CT molecular complexity index is 879. The van der Waals surface area contributed by atoms with Gasteiger partial charge in [0.2, 0.25) is 5.91 Å². The molecule has 3 aliphatic rings. The minimum Gasteiger partial charge on any atom is -0.476 e. The number of amides is 2. The van der Waals surface area contributed by atoms with E-state index in [-0.39, 0.29) is 35.9 Å². The highest BCUT2D eigenvalue weighted by molar-refractivity contribution is 7.91. The maximum Gasteiger partial charge on any atom is 0.265 e. The first kappa shape index (κ1) is 19.2. The average molecular weight is 407 g/mol. The van der Waals surface area contributed by atoms with Crippen molar-refractivity contribution >= 4 is 27.3 Å². The summed E-state index contributed by atoms with van der Waals surface area (Å²) >= 11 is 0. The molecule has 2 saturated heterocycles. The summed E-state index contributed by atoms with van der Waals surface area (Å²) in [6, 6.07) is 7.30. The molecule has 0 saturated carbocycles. The number of hydrogen-bond acceptors (Lipinski definition) is 6. The van der Waals surface area contributed by atoms with Gasteiger partial charge in [0.15, 0.2) is 15.9 Å². The van der Waals surface area contributed by atoms with Crippen molar-refractivity contribution in [2.24, 2.45) is 0 Å². The van der Waals surface area contributed by atoms with Gasteiger partial charge in [0.05, 0.1) is 23.7 Å². The molecule has 2 amide bonds. The monoisotopic (exact) mass is 407 g/mol. The number of hydrogen-bond donors (Lipinski definition) is 0. The molecule has 3 heterocycles. The van der Waals surface area contributed by atoms with E-state index in [1.165, 1.54) is 6.92 Å². The Morgan fingerprint density at radius 3 is 2.46 bits per heavy atom. The highest BCUT2D eigenvalue weighted by Gasteiger charge is 2.38. The van der Waals surface area contributed by atoms with E-state index in [2.05, 4.69) is 4.90 Å². The van der Waals surface area contributed by atoms with E-state index in [0.29, 0.717) is 44.0 Å². The van der Waals surface area contributed by atoms with Crippen molar-refractivity contribution in [1.82, 2.24) is 9.80 Å². The number of carbonyl (C=O) groups is 2. The van der Waals surface area contributed by atoms with Crippen LogP contribution in [-0.2, 0) is 19.4 Å². The number of carbonyl (C=O) groups excluding carboxylic acids is 2. The molecule has 9 heteroatoms. The number of fused-ring (bicyclic) bond motifs is 1. The molecule has 0 radical (unpaired) electrons. The first-order valence-electron chi connectivity index (χ1n) is 9.61. The maximum atomic E-state index is 13.0. The molecular formula is C19H25N3O5S. The number of para-hydroxylation sites is 2. The van der Waals surface area contributed by atoms with E-state index < -0.39 is 15.9 Å². The van der Waals surface area contributed by atoms with Gasteiger partial charge in [-0.05, 0) is 18.6 Å². The number of nitrogens with zero attached hydrogens (tertiary/aromatic N) is 3. The molecule has 3 aliphatic heterocycles. The number of sulfone groups is 1. The fourth-order valence-corrected chi connectivity index (χ4v) is 6.00. The molecule has 152 valence electrons. The molecule has 0 aromatic heterocycles. The maximum absolute atomic E-state index is 13.0. The summed E-state index contributed by atoms with van der Waals surface area (Å²) in [5.74, 6) is 0.765. The van der Waals surface area contributed by atoms with Crippen LogP contribution in [0.15, 0.2) is 24.3 Å². The number of benzene rings is 1. The molecule has 0 unspecified atom stereocenters. The van der Waals surface area contributed by atoms with Gasteiger partial charge < -0.3 is 14.5 Å². The van der Waals surface area contributed by atoms with Gasteiger partial charge in [-0.3, -0.25) is 14.5 Å². The molecule has 2 atom stereocenters. The molecule has 1 aromatic carbocycles. The van der Waals surface area contributed by atoms with Gasteiger partial charge >= 0.3 is 0 Å². The summed E-state index contributed by atoms with van der Waals surface area (Å²) < 4.78 is 29.3. The van der Waals surface area contributed by atoms with Crippen molar-refractivity contribution in [1.29, 1.82) is 0 Å². The molecule has 4 rings (SSSR count). The molecular weight excluding hydrogens is 382 g/mol. The lowest BCUT2D eigenvalue weighted by molar-refractivity contribution is -0.140. The first-order valence-corrected chi connectivity index (χ1v) is 11.4. The Morgan fingerprint density at radius 1 is 1.11 bits per heavy atom. The zero-order valence-corrected chi connectivity index (χ0v) is 16.7. The summed E-state index contributed by atoms with van der Waals surface area (Å²) in [4.78, 5) is 30.6. The van der Waals surface area contributed by atoms with Crippen molar-refractivity contribution in [3.05, 3.63) is 24.3 Å². The fraction of sp³-hybridized carbons (Fsp3) is 0.579. The minimum atomic E-state index is -2.91. The van der Waals surface area contributed by atoms with Gasteiger partial charge in [-0.1, -0.05) is 12.1 Å². The summed E-state index contributed by atoms with van der Waals surface area (Å²) in [7, 11) is -2.91. The van der Waals surface area contributed by atoms with Gasteiger partial charge in [0, 0.05) is 39.1 Å². The van der Waals surface area contributed by atoms with Gasteiger partial charge in [0.25, 0.3) is 5.91 Å². The first-order chi connectivity index (χ1) is 13.3. The van der Waals surface area contributed by atoms with Gasteiger partial charge in [-0.15, -0.1) is 0 Å². The van der Waals surface area contributed by atoms with Crippen molar-refractivity contribution in [3.8, 4) is 5.75 Å². The molecule has 0 spiro atoms. The normalized spacial score (nSPS) is 27.2. The molecule has 8 nitrogen and oxygen atoms in total. The van der Waals surface area contributed by atoms with Crippen LogP contribution >= 0.6 is 0 Å². The van der Waals surface area contributed by atoms with E-state index in [4.69, 9.17) is 4.74 Å². The second-order valence-electron chi connectivity index (χ2n) is 7.62. The third-order valence-corrected chi connectivity index (χ3v) is 7.53. The van der Waals surface area contributed by atoms with Crippen molar-refractivity contribution in [2.45, 2.75) is 25.5 Å². The summed E-state index contributed by atoms with van der Waals surface area (Å²) in [6.45, 7) is 4.08. The molecule has 0 N–H and O–H groups in total. The highest BCUT2D eigenvalue weighted by Crippen LogP contribution is 2.33. The van der Waals surface area contributed by atoms with Gasteiger partial charge in [-0.2, -0.15) is 0 Å². The van der Waals surface area contributed by atoms with E-state index in [1.54, 1.807) is 15.9 Å². The summed E-state index contributed by atoms with van der Waals surface area (Å²) in [5, 5.41) is 0. The largest absolute Gasteiger partial charge is 0.476 e. The number of rotatable bonds is 2. The molecule has 0 aliphatic carbocycles. The van der Waals surface area contributed by atoms with Crippen LogP contribution in [0.4, 0.5) is 5.69 Å². The molecule has 28 heavy (non-hydrogen) atoms. The van der Waals surface area contributed by atoms with Crippen LogP contribution in [0.1, 0.15) is 13.3 Å². The van der Waals surface area contributed by atoms with Crippen LogP contribution < -0.4 is 9.64 Å². The Morgan fingerprint density at radius 2 is 1.82 bits per heavy atom. The zero-order chi connectivity index (χ0) is 19.9. The van der Waals surface area contributed by atoms with Crippen molar-refractivity contribution in [3.63, 3.8) is 0 Å². The van der Waals surface area contributed by atoms with Gasteiger partial charge in [-0.25, -0.2) is 8.42 Å². The Balaban J connectivity index is 1.40. The number of anilines is 1. The summed E-state index contributed by atoms with van der Waals surface area (Å²) in [6.07, 6.45) is -0.0518. The lowest BCUT2D eigenvalue weighted by Gasteiger charge is -2.40. The van der Waals surface area contributed by atoms with Crippen LogP contribution in [0.2, 0.25) is 0 Å². The molecule has 1 aromatic rings. The van der Waals surface area contributed by atoms with E-state index in [1.807, 2.05) is 18.2 Å². The average Bonchev–Trinajstić information content (AvgIpc) is 3.06. The lowest BCUT2D eigenvalue weighted by Crippen LogP contribution is -2.57. The summed E-state index contributed by atoms with van der Waals surface area (Å²) in [5.41, 5.74) is 0.686. The quantitative estimate of drug-likeness (QED) is 0.693. The van der Waals surface area contributed by atoms with E-state index in [9.17, 15) is 18.0 Å². The second-order valence-corrected chi connectivity index (χ2v) is 9.85. The smallest absolute Gasteiger partial charge is 0.265 e. The minimum absolute atomic E-state index is 0.0632. The standard InChI is InChI=1S/C19H25N3O5S/c1-14(23)22-12-18(27-17-5-3-2-4-16(17)22)19(24)21-9-7-20(8-10-21)15-6-11-28(25,26)13-15/h2-5,15,18H,6-13H2,1H3/t15-,18+/m1/s1. The van der Waals surface area contributed by atoms with Crippen LogP contribution in [0, 0.1) is 0 Å².